The average molecular weight is 295 g/mol. The fourth-order valence-electron chi connectivity index (χ4n) is 2.12. The predicted octanol–water partition coefficient (Wildman–Crippen LogP) is 2.34. The van der Waals surface area contributed by atoms with Gasteiger partial charge in [0.1, 0.15) is 11.5 Å². The van der Waals surface area contributed by atoms with E-state index in [9.17, 15) is 4.79 Å². The number of ether oxygens (including phenoxy) is 2. The molecule has 0 fully saturated rings. The van der Waals surface area contributed by atoms with E-state index in [0.717, 1.165) is 23.6 Å². The third-order valence-corrected chi connectivity index (χ3v) is 3.20. The molecule has 0 saturated carbocycles. The summed E-state index contributed by atoms with van der Waals surface area (Å²) in [7, 11) is 3.21. The molecule has 21 heavy (non-hydrogen) atoms. The van der Waals surface area contributed by atoms with E-state index >= 15 is 0 Å². The monoisotopic (exact) mass is 295 g/mol. The molecule has 5 nitrogen and oxygen atoms in total. The van der Waals surface area contributed by atoms with E-state index in [1.54, 1.807) is 14.2 Å². The van der Waals surface area contributed by atoms with Crippen molar-refractivity contribution in [3.63, 3.8) is 0 Å². The normalized spacial score (nSPS) is 12.2. The lowest BCUT2D eigenvalue weighted by Gasteiger charge is -2.20. The molecule has 2 N–H and O–H groups in total. The summed E-state index contributed by atoms with van der Waals surface area (Å²) in [5.41, 5.74) is 0.973. The van der Waals surface area contributed by atoms with Crippen LogP contribution in [0.3, 0.4) is 0 Å². The Kier molecular flexibility index (Phi) is 7.02. The van der Waals surface area contributed by atoms with Gasteiger partial charge in [0.05, 0.1) is 20.6 Å². The van der Waals surface area contributed by atoms with Gasteiger partial charge in [-0.05, 0) is 30.5 Å². The van der Waals surface area contributed by atoms with Crippen LogP contribution in [0, 0.1) is 5.92 Å². The van der Waals surface area contributed by atoms with Crippen LogP contribution in [0.1, 0.15) is 25.8 Å². The molecule has 1 aromatic rings. The number of carboxylic acids is 1. The van der Waals surface area contributed by atoms with Gasteiger partial charge in [-0.15, -0.1) is 0 Å². The van der Waals surface area contributed by atoms with Crippen LogP contribution < -0.4 is 14.8 Å². The zero-order valence-corrected chi connectivity index (χ0v) is 13.2. The summed E-state index contributed by atoms with van der Waals surface area (Å²) in [5.74, 6) is 1.11. The van der Waals surface area contributed by atoms with Gasteiger partial charge in [0, 0.05) is 12.1 Å². The van der Waals surface area contributed by atoms with E-state index in [2.05, 4.69) is 19.2 Å². The maximum Gasteiger partial charge on any atom is 0.304 e. The smallest absolute Gasteiger partial charge is 0.304 e. The second-order valence-electron chi connectivity index (χ2n) is 5.48. The summed E-state index contributed by atoms with van der Waals surface area (Å²) in [6.45, 7) is 4.98. The van der Waals surface area contributed by atoms with E-state index in [4.69, 9.17) is 14.6 Å². The third-order valence-electron chi connectivity index (χ3n) is 3.20. The maximum absolute atomic E-state index is 11.0. The molecule has 0 heterocycles. The van der Waals surface area contributed by atoms with Crippen molar-refractivity contribution in [2.45, 2.75) is 32.7 Å². The van der Waals surface area contributed by atoms with Crippen LogP contribution in [0.25, 0.3) is 0 Å². The third kappa shape index (κ3) is 6.04. The Morgan fingerprint density at radius 2 is 2.00 bits per heavy atom. The number of aliphatic carboxylic acids is 1. The number of carbonyl (C=O) groups is 1. The molecule has 0 bridgehead atoms. The molecule has 0 radical (unpaired) electrons. The first-order valence-electron chi connectivity index (χ1n) is 7.12. The van der Waals surface area contributed by atoms with Crippen molar-refractivity contribution < 1.29 is 19.4 Å². The van der Waals surface area contributed by atoms with Gasteiger partial charge in [-0.1, -0.05) is 19.9 Å². The largest absolute Gasteiger partial charge is 0.497 e. The number of nitrogens with one attached hydrogen (secondary N) is 1. The predicted molar refractivity (Wildman–Crippen MR) is 82.1 cm³/mol. The minimum atomic E-state index is -0.802. The SMILES string of the molecule is COc1ccc(CC(CC(=O)O)NCC(C)C)c(OC)c1. The fraction of sp³-hybridized carbons (Fsp3) is 0.562. The first kappa shape index (κ1) is 17.3. The van der Waals surface area contributed by atoms with Gasteiger partial charge >= 0.3 is 5.97 Å². The highest BCUT2D eigenvalue weighted by Gasteiger charge is 2.16. The van der Waals surface area contributed by atoms with E-state index in [1.807, 2.05) is 18.2 Å². The van der Waals surface area contributed by atoms with Crippen LogP contribution in [0.2, 0.25) is 0 Å². The molecule has 0 saturated heterocycles. The number of methoxy groups -OCH3 is 2. The molecule has 1 unspecified atom stereocenters. The molecular weight excluding hydrogens is 270 g/mol. The summed E-state index contributed by atoms with van der Waals surface area (Å²) in [6, 6.07) is 5.48. The lowest BCUT2D eigenvalue weighted by molar-refractivity contribution is -0.137. The van der Waals surface area contributed by atoms with Gasteiger partial charge in [0.2, 0.25) is 0 Å². The van der Waals surface area contributed by atoms with Gasteiger partial charge in [-0.25, -0.2) is 0 Å². The Labute approximate surface area is 126 Å². The topological polar surface area (TPSA) is 67.8 Å². The summed E-state index contributed by atoms with van der Waals surface area (Å²) in [6.07, 6.45) is 0.689. The molecule has 5 heteroatoms. The molecule has 0 amide bonds. The maximum atomic E-state index is 11.0. The molecule has 118 valence electrons. The van der Waals surface area contributed by atoms with Crippen LogP contribution >= 0.6 is 0 Å². The zero-order valence-electron chi connectivity index (χ0n) is 13.2. The molecule has 0 aromatic heterocycles. The molecular formula is C16H25NO4. The van der Waals surface area contributed by atoms with Crippen molar-refractivity contribution >= 4 is 5.97 Å². The van der Waals surface area contributed by atoms with Gasteiger partial charge in [-0.3, -0.25) is 4.79 Å². The molecule has 0 aliphatic rings. The van der Waals surface area contributed by atoms with Crippen LogP contribution in [-0.4, -0.2) is 37.9 Å². The Bertz CT molecular complexity index is 460. The standard InChI is InChI=1S/C16H25NO4/c1-11(2)10-17-13(8-16(18)19)7-12-5-6-14(20-3)9-15(12)21-4/h5-6,9,11,13,17H,7-8,10H2,1-4H3,(H,18,19). The molecule has 0 aliphatic carbocycles. The first-order valence-corrected chi connectivity index (χ1v) is 7.12. The Hall–Kier alpha value is -1.75. The average Bonchev–Trinajstić information content (AvgIpc) is 2.44. The molecule has 1 rings (SSSR count). The fourth-order valence-corrected chi connectivity index (χ4v) is 2.12. The highest BCUT2D eigenvalue weighted by Crippen LogP contribution is 2.26. The summed E-state index contributed by atoms with van der Waals surface area (Å²) in [4.78, 5) is 11.0. The van der Waals surface area contributed by atoms with E-state index in [-0.39, 0.29) is 12.5 Å². The Morgan fingerprint density at radius 1 is 1.29 bits per heavy atom. The van der Waals surface area contributed by atoms with Gasteiger partial charge in [0.25, 0.3) is 0 Å². The highest BCUT2D eigenvalue weighted by molar-refractivity contribution is 5.67. The van der Waals surface area contributed by atoms with Crippen molar-refractivity contribution in [2.24, 2.45) is 5.92 Å². The van der Waals surface area contributed by atoms with Crippen molar-refractivity contribution in [3.8, 4) is 11.5 Å². The Balaban J connectivity index is 2.83. The quantitative estimate of drug-likeness (QED) is 0.732. The molecule has 0 spiro atoms. The summed E-state index contributed by atoms with van der Waals surface area (Å²) in [5, 5.41) is 12.4. The molecule has 0 aliphatic heterocycles. The van der Waals surface area contributed by atoms with Crippen molar-refractivity contribution in [1.29, 1.82) is 0 Å². The van der Waals surface area contributed by atoms with Crippen LogP contribution in [0.5, 0.6) is 11.5 Å². The van der Waals surface area contributed by atoms with Gasteiger partial charge < -0.3 is 19.9 Å². The second kappa shape index (κ2) is 8.52. The highest BCUT2D eigenvalue weighted by atomic mass is 16.5. The van der Waals surface area contributed by atoms with Gasteiger partial charge in [-0.2, -0.15) is 0 Å². The zero-order chi connectivity index (χ0) is 15.8. The van der Waals surface area contributed by atoms with E-state index < -0.39 is 5.97 Å². The van der Waals surface area contributed by atoms with E-state index in [0.29, 0.717) is 12.3 Å². The second-order valence-corrected chi connectivity index (χ2v) is 5.48. The van der Waals surface area contributed by atoms with Crippen molar-refractivity contribution in [2.75, 3.05) is 20.8 Å². The number of benzene rings is 1. The molecule has 1 atom stereocenters. The molecule has 1 aromatic carbocycles. The van der Waals surface area contributed by atoms with Crippen molar-refractivity contribution in [3.05, 3.63) is 23.8 Å². The van der Waals surface area contributed by atoms with Crippen molar-refractivity contribution in [1.82, 2.24) is 5.32 Å². The summed E-state index contributed by atoms with van der Waals surface area (Å²) < 4.78 is 10.5. The van der Waals surface area contributed by atoms with Crippen LogP contribution in [0.4, 0.5) is 0 Å². The van der Waals surface area contributed by atoms with E-state index in [1.165, 1.54) is 0 Å². The number of hydrogen-bond acceptors (Lipinski definition) is 4. The Morgan fingerprint density at radius 3 is 2.52 bits per heavy atom. The first-order chi connectivity index (χ1) is 9.96. The van der Waals surface area contributed by atoms with Crippen LogP contribution in [0.15, 0.2) is 18.2 Å². The lowest BCUT2D eigenvalue weighted by atomic mass is 10.0. The minimum absolute atomic E-state index is 0.0852. The number of carboxylic acid groups (broad SMARTS) is 1. The number of rotatable bonds is 9. The van der Waals surface area contributed by atoms with Gasteiger partial charge in [0.15, 0.2) is 0 Å². The van der Waals surface area contributed by atoms with Crippen LogP contribution in [-0.2, 0) is 11.2 Å². The minimum Gasteiger partial charge on any atom is -0.497 e. The summed E-state index contributed by atoms with van der Waals surface area (Å²) >= 11 is 0. The number of hydrogen-bond donors (Lipinski definition) is 2. The lowest BCUT2D eigenvalue weighted by Crippen LogP contribution is -2.35.